The second-order valence-corrected chi connectivity index (χ2v) is 8.62. The van der Waals surface area contributed by atoms with E-state index in [2.05, 4.69) is 15.5 Å². The van der Waals surface area contributed by atoms with Crippen LogP contribution in [0.15, 0.2) is 42.5 Å². The van der Waals surface area contributed by atoms with Crippen molar-refractivity contribution < 1.29 is 14.5 Å². The fraction of sp³-hybridized carbons (Fsp3) is 0.238. The minimum absolute atomic E-state index is 0.0225. The number of hydrogen-bond acceptors (Lipinski definition) is 7. The zero-order valence-electron chi connectivity index (χ0n) is 16.9. The van der Waals surface area contributed by atoms with Gasteiger partial charge < -0.3 is 4.90 Å². The Morgan fingerprint density at radius 3 is 2.81 bits per heavy atom. The SMILES string of the molecule is CCc1ccccc1N1CC(c2nnc(NC(=O)c3ccc([N+](=O)[O-])cc3Cl)s2)CC1=O. The molecule has 0 radical (unpaired) electrons. The quantitative estimate of drug-likeness (QED) is 0.419. The molecule has 164 valence electrons. The molecule has 1 aliphatic heterocycles. The number of non-ortho nitro benzene ring substituents is 1. The van der Waals surface area contributed by atoms with Crippen molar-refractivity contribution >= 4 is 51.3 Å². The van der Waals surface area contributed by atoms with Crippen molar-refractivity contribution in [1.82, 2.24) is 10.2 Å². The molecule has 2 heterocycles. The summed E-state index contributed by atoms with van der Waals surface area (Å²) in [6, 6.07) is 11.4. The van der Waals surface area contributed by atoms with Gasteiger partial charge in [0.25, 0.3) is 11.6 Å². The van der Waals surface area contributed by atoms with E-state index in [1.54, 1.807) is 4.90 Å². The Hall–Kier alpha value is -3.37. The Morgan fingerprint density at radius 2 is 2.09 bits per heavy atom. The van der Waals surface area contributed by atoms with Crippen LogP contribution in [0.1, 0.15) is 40.2 Å². The average molecular weight is 472 g/mol. The number of anilines is 2. The summed E-state index contributed by atoms with van der Waals surface area (Å²) < 4.78 is 0. The number of benzene rings is 2. The summed E-state index contributed by atoms with van der Waals surface area (Å²) in [7, 11) is 0. The van der Waals surface area contributed by atoms with Gasteiger partial charge in [-0.3, -0.25) is 25.0 Å². The van der Waals surface area contributed by atoms with Gasteiger partial charge in [-0.25, -0.2) is 0 Å². The Balaban J connectivity index is 1.47. The Bertz CT molecular complexity index is 1210. The molecule has 32 heavy (non-hydrogen) atoms. The summed E-state index contributed by atoms with van der Waals surface area (Å²) >= 11 is 7.21. The molecule has 2 aromatic carbocycles. The van der Waals surface area contributed by atoms with Gasteiger partial charge in [0.2, 0.25) is 11.0 Å². The molecule has 9 nitrogen and oxygen atoms in total. The molecule has 1 N–H and O–H groups in total. The van der Waals surface area contributed by atoms with Gasteiger partial charge in [0, 0.05) is 36.7 Å². The molecule has 1 fully saturated rings. The normalized spacial score (nSPS) is 15.8. The highest BCUT2D eigenvalue weighted by Gasteiger charge is 2.34. The van der Waals surface area contributed by atoms with E-state index in [0.717, 1.165) is 23.7 Å². The Morgan fingerprint density at radius 1 is 1.31 bits per heavy atom. The minimum Gasteiger partial charge on any atom is -0.311 e. The number of nitrogens with zero attached hydrogens (tertiary/aromatic N) is 4. The Kier molecular flexibility index (Phi) is 6.15. The molecule has 0 spiro atoms. The van der Waals surface area contributed by atoms with E-state index < -0.39 is 10.8 Å². The number of amides is 2. The van der Waals surface area contributed by atoms with Crippen LogP contribution in [0.3, 0.4) is 0 Å². The highest BCUT2D eigenvalue weighted by molar-refractivity contribution is 7.15. The third-order valence-electron chi connectivity index (χ3n) is 5.21. The van der Waals surface area contributed by atoms with Gasteiger partial charge in [-0.2, -0.15) is 0 Å². The van der Waals surface area contributed by atoms with Crippen molar-refractivity contribution in [3.63, 3.8) is 0 Å². The van der Waals surface area contributed by atoms with Gasteiger partial charge in [-0.15, -0.1) is 10.2 Å². The summed E-state index contributed by atoms with van der Waals surface area (Å²) in [4.78, 5) is 37.2. The van der Waals surface area contributed by atoms with Crippen LogP contribution in [0.25, 0.3) is 0 Å². The summed E-state index contributed by atoms with van der Waals surface area (Å²) in [6.45, 7) is 2.54. The fourth-order valence-electron chi connectivity index (χ4n) is 3.60. The van der Waals surface area contributed by atoms with E-state index in [0.29, 0.717) is 18.0 Å². The average Bonchev–Trinajstić information content (AvgIpc) is 3.39. The van der Waals surface area contributed by atoms with Crippen LogP contribution in [0.2, 0.25) is 5.02 Å². The van der Waals surface area contributed by atoms with E-state index in [1.807, 2.05) is 31.2 Å². The van der Waals surface area contributed by atoms with Gasteiger partial charge in [-0.1, -0.05) is 48.1 Å². The van der Waals surface area contributed by atoms with Crippen LogP contribution in [0.4, 0.5) is 16.5 Å². The third-order valence-corrected chi connectivity index (χ3v) is 6.52. The molecule has 0 aliphatic carbocycles. The lowest BCUT2D eigenvalue weighted by atomic mass is 10.1. The molecule has 1 aliphatic rings. The first-order valence-electron chi connectivity index (χ1n) is 9.84. The van der Waals surface area contributed by atoms with Crippen LogP contribution >= 0.6 is 22.9 Å². The predicted octanol–water partition coefficient (Wildman–Crippen LogP) is 4.43. The fourth-order valence-corrected chi connectivity index (χ4v) is 4.69. The van der Waals surface area contributed by atoms with Gasteiger partial charge in [0.15, 0.2) is 0 Å². The van der Waals surface area contributed by atoms with E-state index in [4.69, 9.17) is 11.6 Å². The first-order chi connectivity index (χ1) is 15.4. The summed E-state index contributed by atoms with van der Waals surface area (Å²) in [5, 5.41) is 22.5. The molecule has 0 bridgehead atoms. The molecule has 1 saturated heterocycles. The number of carbonyl (C=O) groups is 2. The maximum atomic E-state index is 12.7. The van der Waals surface area contributed by atoms with Gasteiger partial charge in [0.1, 0.15) is 5.01 Å². The van der Waals surface area contributed by atoms with Gasteiger partial charge in [-0.05, 0) is 24.1 Å². The maximum absolute atomic E-state index is 12.7. The highest BCUT2D eigenvalue weighted by Crippen LogP contribution is 2.35. The lowest BCUT2D eigenvalue weighted by Gasteiger charge is -2.19. The predicted molar refractivity (Wildman–Crippen MR) is 121 cm³/mol. The number of nitro benzene ring substituents is 1. The maximum Gasteiger partial charge on any atom is 0.270 e. The standard InChI is InChI=1S/C21H18ClN5O4S/c1-2-12-5-3-4-6-17(12)26-11-13(9-18(26)28)20-24-25-21(32-20)23-19(29)15-8-7-14(27(30)31)10-16(15)22/h3-8,10,13H,2,9,11H2,1H3,(H,23,25,29). The molecular weight excluding hydrogens is 454 g/mol. The minimum atomic E-state index is -0.588. The van der Waals surface area contributed by atoms with Crippen molar-refractivity contribution in [2.45, 2.75) is 25.7 Å². The number of nitro groups is 1. The monoisotopic (exact) mass is 471 g/mol. The van der Waals surface area contributed by atoms with E-state index in [1.165, 1.54) is 23.5 Å². The molecule has 0 saturated carbocycles. The van der Waals surface area contributed by atoms with Crippen molar-refractivity contribution in [1.29, 1.82) is 0 Å². The van der Waals surface area contributed by atoms with Crippen molar-refractivity contribution in [2.24, 2.45) is 0 Å². The highest BCUT2D eigenvalue weighted by atomic mass is 35.5. The molecule has 1 atom stereocenters. The smallest absolute Gasteiger partial charge is 0.270 e. The van der Waals surface area contributed by atoms with Crippen LogP contribution in [0.5, 0.6) is 0 Å². The van der Waals surface area contributed by atoms with Crippen LogP contribution < -0.4 is 10.2 Å². The van der Waals surface area contributed by atoms with Crippen LogP contribution in [0, 0.1) is 10.1 Å². The number of nitrogens with one attached hydrogen (secondary N) is 1. The van der Waals surface area contributed by atoms with E-state index in [-0.39, 0.29) is 33.2 Å². The molecule has 1 unspecified atom stereocenters. The number of para-hydroxylation sites is 1. The summed E-state index contributed by atoms with van der Waals surface area (Å²) in [5.41, 5.74) is 1.90. The topological polar surface area (TPSA) is 118 Å². The number of rotatable bonds is 6. The zero-order valence-corrected chi connectivity index (χ0v) is 18.5. The van der Waals surface area contributed by atoms with Crippen molar-refractivity contribution in [3.8, 4) is 0 Å². The molecule has 4 rings (SSSR count). The van der Waals surface area contributed by atoms with E-state index >= 15 is 0 Å². The summed E-state index contributed by atoms with van der Waals surface area (Å²) in [5.74, 6) is -0.651. The van der Waals surface area contributed by atoms with Crippen LogP contribution in [-0.4, -0.2) is 33.5 Å². The third kappa shape index (κ3) is 4.32. The second-order valence-electron chi connectivity index (χ2n) is 7.21. The first kappa shape index (κ1) is 21.8. The number of halogens is 1. The van der Waals surface area contributed by atoms with Gasteiger partial charge in [0.05, 0.1) is 15.5 Å². The molecule has 3 aromatic rings. The van der Waals surface area contributed by atoms with E-state index in [9.17, 15) is 19.7 Å². The summed E-state index contributed by atoms with van der Waals surface area (Å²) in [6.07, 6.45) is 1.14. The second kappa shape index (κ2) is 9.01. The molecule has 1 aromatic heterocycles. The number of aromatic nitrogens is 2. The van der Waals surface area contributed by atoms with Crippen LogP contribution in [-0.2, 0) is 11.2 Å². The lowest BCUT2D eigenvalue weighted by molar-refractivity contribution is -0.384. The first-order valence-corrected chi connectivity index (χ1v) is 11.0. The zero-order chi connectivity index (χ0) is 22.8. The number of aryl methyl sites for hydroxylation is 1. The number of carbonyl (C=O) groups excluding carboxylic acids is 2. The van der Waals surface area contributed by atoms with Gasteiger partial charge >= 0.3 is 0 Å². The largest absolute Gasteiger partial charge is 0.311 e. The number of hydrogen-bond donors (Lipinski definition) is 1. The molecule has 2 amide bonds. The lowest BCUT2D eigenvalue weighted by Crippen LogP contribution is -2.25. The van der Waals surface area contributed by atoms with Crippen molar-refractivity contribution in [3.05, 3.63) is 73.7 Å². The molecular formula is C21H18ClN5O4S. The molecule has 11 heteroatoms. The Labute approximate surface area is 192 Å². The van der Waals surface area contributed by atoms with Crippen molar-refractivity contribution in [2.75, 3.05) is 16.8 Å².